The lowest BCUT2D eigenvalue weighted by molar-refractivity contribution is -0.131. The second kappa shape index (κ2) is 7.42. The molecule has 2 aromatic rings. The molecule has 1 fully saturated rings. The Balaban J connectivity index is 0.00000176. The van der Waals surface area contributed by atoms with Crippen LogP contribution in [0.15, 0.2) is 42.7 Å². The van der Waals surface area contributed by atoms with Crippen molar-refractivity contribution in [1.29, 1.82) is 0 Å². The van der Waals surface area contributed by atoms with Crippen molar-refractivity contribution in [2.24, 2.45) is 5.73 Å². The number of hydrogen-bond donors (Lipinski definition) is 1. The topological polar surface area (TPSA) is 64.2 Å². The normalized spacial score (nSPS) is 17.3. The number of hydrogen-bond acceptors (Lipinski definition) is 3. The van der Waals surface area contributed by atoms with Crippen molar-refractivity contribution in [3.05, 3.63) is 48.3 Å². The summed E-state index contributed by atoms with van der Waals surface area (Å²) in [4.78, 5) is 14.3. The minimum absolute atomic E-state index is 0. The number of para-hydroxylation sites is 1. The van der Waals surface area contributed by atoms with E-state index in [2.05, 4.69) is 5.10 Å². The van der Waals surface area contributed by atoms with Gasteiger partial charge in [0.05, 0.1) is 18.3 Å². The van der Waals surface area contributed by atoms with Gasteiger partial charge in [-0.05, 0) is 30.5 Å². The number of likely N-dealkylation sites (tertiary alicyclic amines) is 1. The Morgan fingerprint density at radius 3 is 2.82 bits per heavy atom. The van der Waals surface area contributed by atoms with E-state index >= 15 is 0 Å². The molecule has 1 amide bonds. The van der Waals surface area contributed by atoms with Gasteiger partial charge in [0.2, 0.25) is 5.91 Å². The summed E-state index contributed by atoms with van der Waals surface area (Å²) in [6.07, 6.45) is 6.14. The van der Waals surface area contributed by atoms with Gasteiger partial charge >= 0.3 is 0 Å². The lowest BCUT2D eigenvalue weighted by Crippen LogP contribution is -2.40. The van der Waals surface area contributed by atoms with E-state index in [0.29, 0.717) is 13.0 Å². The van der Waals surface area contributed by atoms with Crippen molar-refractivity contribution in [3.8, 4) is 5.69 Å². The quantitative estimate of drug-likeness (QED) is 0.934. The van der Waals surface area contributed by atoms with Crippen molar-refractivity contribution in [2.75, 3.05) is 13.1 Å². The Labute approximate surface area is 136 Å². The van der Waals surface area contributed by atoms with Crippen LogP contribution in [-0.4, -0.2) is 39.7 Å². The molecule has 1 aromatic carbocycles. The predicted octanol–water partition coefficient (Wildman–Crippen LogP) is 1.79. The van der Waals surface area contributed by atoms with Crippen LogP contribution in [0.2, 0.25) is 0 Å². The van der Waals surface area contributed by atoms with Gasteiger partial charge in [0.15, 0.2) is 0 Å². The molecule has 3 rings (SSSR count). The first-order valence-corrected chi connectivity index (χ1v) is 7.36. The zero-order valence-corrected chi connectivity index (χ0v) is 13.2. The van der Waals surface area contributed by atoms with Gasteiger partial charge in [-0.15, -0.1) is 12.4 Å². The standard InChI is InChI=1S/C16H20N4O.ClH/c17-10-15-7-4-8-19(15)16(21)9-13-11-18-20(12-13)14-5-2-1-3-6-14;/h1-3,5-6,11-12,15H,4,7-10,17H2;1H. The molecule has 118 valence electrons. The minimum atomic E-state index is 0. The van der Waals surface area contributed by atoms with Crippen molar-refractivity contribution in [2.45, 2.75) is 25.3 Å². The Hall–Kier alpha value is -1.85. The number of carbonyl (C=O) groups excluding carboxylic acids is 1. The lowest BCUT2D eigenvalue weighted by atomic mass is 10.2. The van der Waals surface area contributed by atoms with Crippen molar-refractivity contribution < 1.29 is 4.79 Å². The second-order valence-electron chi connectivity index (χ2n) is 5.42. The third-order valence-corrected chi connectivity index (χ3v) is 3.98. The highest BCUT2D eigenvalue weighted by Gasteiger charge is 2.27. The largest absolute Gasteiger partial charge is 0.338 e. The molecule has 0 aliphatic carbocycles. The van der Waals surface area contributed by atoms with Crippen molar-refractivity contribution >= 4 is 18.3 Å². The fourth-order valence-corrected chi connectivity index (χ4v) is 2.86. The van der Waals surface area contributed by atoms with Gasteiger partial charge in [-0.1, -0.05) is 18.2 Å². The number of halogens is 1. The van der Waals surface area contributed by atoms with Crippen LogP contribution in [0.5, 0.6) is 0 Å². The lowest BCUT2D eigenvalue weighted by Gasteiger charge is -2.23. The van der Waals surface area contributed by atoms with Gasteiger partial charge in [-0.25, -0.2) is 4.68 Å². The molecule has 1 aromatic heterocycles. The number of benzene rings is 1. The summed E-state index contributed by atoms with van der Waals surface area (Å²) >= 11 is 0. The van der Waals surface area contributed by atoms with E-state index in [0.717, 1.165) is 30.6 Å². The molecule has 0 saturated carbocycles. The van der Waals surface area contributed by atoms with Gasteiger partial charge in [0.1, 0.15) is 0 Å². The fourth-order valence-electron chi connectivity index (χ4n) is 2.86. The maximum atomic E-state index is 12.4. The Bertz CT molecular complexity index is 614. The summed E-state index contributed by atoms with van der Waals surface area (Å²) in [6, 6.07) is 10.1. The number of rotatable bonds is 4. The first-order valence-electron chi connectivity index (χ1n) is 7.36. The summed E-state index contributed by atoms with van der Waals surface area (Å²) in [5, 5.41) is 4.33. The maximum absolute atomic E-state index is 12.4. The molecule has 5 nitrogen and oxygen atoms in total. The van der Waals surface area contributed by atoms with E-state index in [-0.39, 0.29) is 24.4 Å². The summed E-state index contributed by atoms with van der Waals surface area (Å²) in [5.41, 5.74) is 7.66. The molecule has 1 unspecified atom stereocenters. The van der Waals surface area contributed by atoms with Crippen LogP contribution in [0.3, 0.4) is 0 Å². The maximum Gasteiger partial charge on any atom is 0.227 e. The average molecular weight is 321 g/mol. The average Bonchev–Trinajstić information content (AvgIpc) is 3.16. The van der Waals surface area contributed by atoms with Crippen LogP contribution in [0.1, 0.15) is 18.4 Å². The van der Waals surface area contributed by atoms with Gasteiger partial charge in [0, 0.05) is 25.3 Å². The van der Waals surface area contributed by atoms with E-state index < -0.39 is 0 Å². The van der Waals surface area contributed by atoms with Crippen LogP contribution in [0.25, 0.3) is 5.69 Å². The molecule has 0 bridgehead atoms. The van der Waals surface area contributed by atoms with Crippen LogP contribution < -0.4 is 5.73 Å². The molecule has 2 N–H and O–H groups in total. The fraction of sp³-hybridized carbons (Fsp3) is 0.375. The molecule has 1 atom stereocenters. The smallest absolute Gasteiger partial charge is 0.227 e. The zero-order chi connectivity index (χ0) is 14.7. The number of nitrogens with two attached hydrogens (primary N) is 1. The van der Waals surface area contributed by atoms with E-state index in [1.54, 1.807) is 10.9 Å². The van der Waals surface area contributed by atoms with Gasteiger partial charge in [-0.2, -0.15) is 5.10 Å². The highest BCUT2D eigenvalue weighted by Crippen LogP contribution is 2.18. The molecular weight excluding hydrogens is 300 g/mol. The monoisotopic (exact) mass is 320 g/mol. The van der Waals surface area contributed by atoms with E-state index in [4.69, 9.17) is 5.73 Å². The molecule has 0 spiro atoms. The van der Waals surface area contributed by atoms with Gasteiger partial charge in [0.25, 0.3) is 0 Å². The molecular formula is C16H21ClN4O. The number of aromatic nitrogens is 2. The molecule has 1 aliphatic heterocycles. The Morgan fingerprint density at radius 1 is 1.32 bits per heavy atom. The van der Waals surface area contributed by atoms with E-state index in [1.165, 1.54) is 0 Å². The Kier molecular flexibility index (Phi) is 5.57. The molecule has 22 heavy (non-hydrogen) atoms. The molecule has 1 aliphatic rings. The predicted molar refractivity (Wildman–Crippen MR) is 88.3 cm³/mol. The molecule has 1 saturated heterocycles. The van der Waals surface area contributed by atoms with Gasteiger partial charge in [-0.3, -0.25) is 4.79 Å². The highest BCUT2D eigenvalue weighted by atomic mass is 35.5. The third kappa shape index (κ3) is 3.48. The Morgan fingerprint density at radius 2 is 2.09 bits per heavy atom. The zero-order valence-electron chi connectivity index (χ0n) is 12.4. The van der Waals surface area contributed by atoms with Gasteiger partial charge < -0.3 is 10.6 Å². The summed E-state index contributed by atoms with van der Waals surface area (Å²) in [6.45, 7) is 1.38. The van der Waals surface area contributed by atoms with Crippen LogP contribution in [-0.2, 0) is 11.2 Å². The molecule has 0 radical (unpaired) electrons. The first kappa shape index (κ1) is 16.5. The highest BCUT2D eigenvalue weighted by molar-refractivity contribution is 5.85. The summed E-state index contributed by atoms with van der Waals surface area (Å²) < 4.78 is 1.80. The summed E-state index contributed by atoms with van der Waals surface area (Å²) in [7, 11) is 0. The third-order valence-electron chi connectivity index (χ3n) is 3.98. The first-order chi connectivity index (χ1) is 10.3. The number of carbonyl (C=O) groups is 1. The second-order valence-corrected chi connectivity index (χ2v) is 5.42. The van der Waals surface area contributed by atoms with E-state index in [9.17, 15) is 4.79 Å². The van der Waals surface area contributed by atoms with Crippen molar-refractivity contribution in [1.82, 2.24) is 14.7 Å². The summed E-state index contributed by atoms with van der Waals surface area (Å²) in [5.74, 6) is 0.149. The molecule has 2 heterocycles. The number of nitrogens with zero attached hydrogens (tertiary/aromatic N) is 3. The SMILES string of the molecule is Cl.NCC1CCCN1C(=O)Cc1cnn(-c2ccccc2)c1. The van der Waals surface area contributed by atoms with Crippen LogP contribution in [0.4, 0.5) is 0 Å². The van der Waals surface area contributed by atoms with E-state index in [1.807, 2.05) is 41.4 Å². The van der Waals surface area contributed by atoms with Crippen LogP contribution >= 0.6 is 12.4 Å². The van der Waals surface area contributed by atoms with Crippen LogP contribution in [0, 0.1) is 0 Å². The van der Waals surface area contributed by atoms with Crippen molar-refractivity contribution in [3.63, 3.8) is 0 Å². The molecule has 6 heteroatoms. The minimum Gasteiger partial charge on any atom is -0.338 e. The number of amides is 1.